The summed E-state index contributed by atoms with van der Waals surface area (Å²) in [6.45, 7) is 1.03. The van der Waals surface area contributed by atoms with Crippen LogP contribution in [-0.4, -0.2) is 18.9 Å². The second kappa shape index (κ2) is 5.46. The molecule has 0 atom stereocenters. The van der Waals surface area contributed by atoms with E-state index in [0.717, 1.165) is 14.2 Å². The Morgan fingerprint density at radius 1 is 1.50 bits per heavy atom. The fourth-order valence-corrected chi connectivity index (χ4v) is 2.61. The van der Waals surface area contributed by atoms with Crippen molar-refractivity contribution in [2.75, 3.05) is 6.54 Å². The van der Waals surface area contributed by atoms with Crippen LogP contribution < -0.4 is 5.32 Å². The van der Waals surface area contributed by atoms with Gasteiger partial charge in [-0.05, 0) is 28.9 Å². The van der Waals surface area contributed by atoms with Gasteiger partial charge in [-0.1, -0.05) is 0 Å². The van der Waals surface area contributed by atoms with E-state index < -0.39 is 18.9 Å². The molecule has 1 nitrogen and oxygen atoms in total. The summed E-state index contributed by atoms with van der Waals surface area (Å²) in [5, 5.41) is 2.32. The average Bonchev–Trinajstić information content (AvgIpc) is 2.45. The lowest BCUT2D eigenvalue weighted by molar-refractivity contribution is -0.125. The first-order valence-corrected chi connectivity index (χ1v) is 6.05. The predicted molar refractivity (Wildman–Crippen MR) is 59.4 cm³/mol. The summed E-state index contributed by atoms with van der Waals surface area (Å²) in [6.07, 6.45) is -3.63. The molecule has 1 heterocycles. The van der Waals surface area contributed by atoms with E-state index in [4.69, 9.17) is 0 Å². The summed E-state index contributed by atoms with van der Waals surface area (Å²) < 4.78 is 49.6. The molecule has 1 rings (SSSR count). The largest absolute Gasteiger partial charge is 0.319 e. The molecule has 0 saturated heterocycles. The van der Waals surface area contributed by atoms with Gasteiger partial charge in [0.2, 0.25) is 0 Å². The minimum atomic E-state index is -3.97. The number of alkyl halides is 4. The molecule has 0 aliphatic carbocycles. The molecule has 0 spiro atoms. The van der Waals surface area contributed by atoms with Gasteiger partial charge < -0.3 is 5.32 Å². The molecule has 0 aromatic carbocycles. The number of halogens is 5. The number of aryl methyl sites for hydroxylation is 1. The summed E-state index contributed by atoms with van der Waals surface area (Å²) in [5.41, 5.74) is 0. The first-order valence-electron chi connectivity index (χ1n) is 4.44. The summed E-state index contributed by atoms with van der Waals surface area (Å²) in [4.78, 5) is 1.85. The maximum absolute atomic E-state index is 12.5. The zero-order chi connectivity index (χ0) is 12.3. The van der Waals surface area contributed by atoms with E-state index >= 15 is 0 Å². The van der Waals surface area contributed by atoms with Crippen molar-refractivity contribution in [3.05, 3.63) is 20.3 Å². The van der Waals surface area contributed by atoms with Crippen LogP contribution in [0.4, 0.5) is 17.6 Å². The van der Waals surface area contributed by atoms with Gasteiger partial charge in [-0.3, -0.25) is 0 Å². The molecule has 1 aromatic heterocycles. The van der Waals surface area contributed by atoms with Gasteiger partial charge in [0.1, 0.15) is 0 Å². The Balaban J connectivity index is 2.41. The normalized spacial score (nSPS) is 12.4. The molecule has 0 fully saturated rings. The molecule has 0 aliphatic heterocycles. The molecule has 0 aliphatic rings. The molecule has 92 valence electrons. The second-order valence-corrected chi connectivity index (χ2v) is 5.48. The van der Waals surface area contributed by atoms with Gasteiger partial charge in [0.15, 0.2) is 0 Å². The van der Waals surface area contributed by atoms with Crippen molar-refractivity contribution in [1.82, 2.24) is 5.32 Å². The molecule has 0 amide bonds. The van der Waals surface area contributed by atoms with Crippen LogP contribution in [0.3, 0.4) is 0 Å². The van der Waals surface area contributed by atoms with Gasteiger partial charge in [0, 0.05) is 20.8 Å². The van der Waals surface area contributed by atoms with Crippen LogP contribution in [0.2, 0.25) is 0 Å². The first kappa shape index (κ1) is 13.9. The van der Waals surface area contributed by atoms with E-state index in [1.807, 2.05) is 6.92 Å². The van der Waals surface area contributed by atoms with Crippen molar-refractivity contribution in [3.8, 4) is 0 Å². The quantitative estimate of drug-likeness (QED) is 0.814. The van der Waals surface area contributed by atoms with Crippen LogP contribution in [0.5, 0.6) is 0 Å². The van der Waals surface area contributed by atoms with E-state index in [2.05, 4.69) is 21.2 Å². The summed E-state index contributed by atoms with van der Waals surface area (Å²) >= 11 is 4.72. The molecule has 1 N–H and O–H groups in total. The topological polar surface area (TPSA) is 12.0 Å². The van der Waals surface area contributed by atoms with Gasteiger partial charge >= 0.3 is 12.3 Å². The Morgan fingerprint density at radius 2 is 2.12 bits per heavy atom. The third-order valence-corrected chi connectivity index (χ3v) is 4.02. The highest BCUT2D eigenvalue weighted by Crippen LogP contribution is 2.26. The zero-order valence-electron chi connectivity index (χ0n) is 8.37. The SMILES string of the molecule is Cc1sc(CNCC(F)(F)C(F)F)cc1Br. The number of hydrogen-bond donors (Lipinski definition) is 1. The molecule has 0 radical (unpaired) electrons. The molecule has 1 aromatic rings. The minimum absolute atomic E-state index is 0.166. The van der Waals surface area contributed by atoms with E-state index in [-0.39, 0.29) is 6.54 Å². The summed E-state index contributed by atoms with van der Waals surface area (Å²) in [5.74, 6) is -3.97. The fourth-order valence-electron chi connectivity index (χ4n) is 1.03. The maximum atomic E-state index is 12.5. The Labute approximate surface area is 103 Å². The van der Waals surface area contributed by atoms with E-state index in [9.17, 15) is 17.6 Å². The lowest BCUT2D eigenvalue weighted by Gasteiger charge is -2.15. The van der Waals surface area contributed by atoms with E-state index in [0.29, 0.717) is 0 Å². The van der Waals surface area contributed by atoms with Gasteiger partial charge in [-0.2, -0.15) is 8.78 Å². The number of nitrogens with one attached hydrogen (secondary N) is 1. The smallest absolute Gasteiger partial charge is 0.306 e. The standard InChI is InChI=1S/C9H10BrF4NS/c1-5-7(10)2-6(16-5)3-15-4-9(13,14)8(11)12/h2,8,15H,3-4H2,1H3. The Morgan fingerprint density at radius 3 is 2.56 bits per heavy atom. The second-order valence-electron chi connectivity index (χ2n) is 3.28. The van der Waals surface area contributed by atoms with E-state index in [1.54, 1.807) is 6.07 Å². The molecule has 7 heteroatoms. The molecule has 0 unspecified atom stereocenters. The highest BCUT2D eigenvalue weighted by Gasteiger charge is 2.39. The minimum Gasteiger partial charge on any atom is -0.306 e. The molecular formula is C9H10BrF4NS. The Hall–Kier alpha value is -0.140. The lowest BCUT2D eigenvalue weighted by atomic mass is 10.3. The summed E-state index contributed by atoms with van der Waals surface area (Å²) in [7, 11) is 0. The molecular weight excluding hydrogens is 310 g/mol. The van der Waals surface area contributed by atoms with Crippen molar-refractivity contribution < 1.29 is 17.6 Å². The van der Waals surface area contributed by atoms with Crippen molar-refractivity contribution in [3.63, 3.8) is 0 Å². The number of thiophene rings is 1. The molecule has 16 heavy (non-hydrogen) atoms. The Bertz CT molecular complexity index is 334. The molecule has 0 bridgehead atoms. The highest BCUT2D eigenvalue weighted by atomic mass is 79.9. The monoisotopic (exact) mass is 319 g/mol. The Kier molecular flexibility index (Phi) is 4.75. The van der Waals surface area contributed by atoms with Crippen LogP contribution in [0, 0.1) is 6.92 Å². The van der Waals surface area contributed by atoms with Gasteiger partial charge in [-0.15, -0.1) is 11.3 Å². The number of hydrogen-bond acceptors (Lipinski definition) is 2. The van der Waals surface area contributed by atoms with Gasteiger partial charge in [-0.25, -0.2) is 8.78 Å². The van der Waals surface area contributed by atoms with Gasteiger partial charge in [0.05, 0.1) is 6.54 Å². The van der Waals surface area contributed by atoms with Crippen molar-refractivity contribution in [2.24, 2.45) is 0 Å². The first-order chi connectivity index (χ1) is 7.33. The third-order valence-electron chi connectivity index (χ3n) is 1.89. The average molecular weight is 320 g/mol. The maximum Gasteiger partial charge on any atom is 0.319 e. The van der Waals surface area contributed by atoms with E-state index in [1.165, 1.54) is 11.3 Å². The van der Waals surface area contributed by atoms with Crippen molar-refractivity contribution >= 4 is 27.3 Å². The third kappa shape index (κ3) is 3.71. The highest BCUT2D eigenvalue weighted by molar-refractivity contribution is 9.10. The lowest BCUT2D eigenvalue weighted by Crippen LogP contribution is -2.38. The fraction of sp³-hybridized carbons (Fsp3) is 0.556. The summed E-state index contributed by atoms with van der Waals surface area (Å²) in [6, 6.07) is 1.79. The van der Waals surface area contributed by atoms with Gasteiger partial charge in [0.25, 0.3) is 0 Å². The van der Waals surface area contributed by atoms with Crippen molar-refractivity contribution in [2.45, 2.75) is 25.8 Å². The van der Waals surface area contributed by atoms with Crippen LogP contribution in [0.1, 0.15) is 9.75 Å². The zero-order valence-corrected chi connectivity index (χ0v) is 10.8. The van der Waals surface area contributed by atoms with Crippen LogP contribution >= 0.6 is 27.3 Å². The van der Waals surface area contributed by atoms with Crippen LogP contribution in [0.15, 0.2) is 10.5 Å². The number of rotatable bonds is 5. The van der Waals surface area contributed by atoms with Crippen LogP contribution in [-0.2, 0) is 6.54 Å². The van der Waals surface area contributed by atoms with Crippen molar-refractivity contribution in [1.29, 1.82) is 0 Å². The molecule has 0 saturated carbocycles. The van der Waals surface area contributed by atoms with Crippen LogP contribution in [0.25, 0.3) is 0 Å². The predicted octanol–water partition coefficient (Wildman–Crippen LogP) is 3.81.